The van der Waals surface area contributed by atoms with E-state index in [-0.39, 0.29) is 23.5 Å². The van der Waals surface area contributed by atoms with E-state index >= 15 is 0 Å². The predicted octanol–water partition coefficient (Wildman–Crippen LogP) is 1.72. The van der Waals surface area contributed by atoms with Crippen LogP contribution in [0.15, 0.2) is 24.5 Å². The highest BCUT2D eigenvalue weighted by atomic mass is 16.6. The molecule has 0 fully saturated rings. The van der Waals surface area contributed by atoms with Gasteiger partial charge in [-0.1, -0.05) is 0 Å². The van der Waals surface area contributed by atoms with Gasteiger partial charge in [0.1, 0.15) is 12.2 Å². The van der Waals surface area contributed by atoms with E-state index in [1.165, 1.54) is 24.5 Å². The average Bonchev–Trinajstić information content (AvgIpc) is 3.02. The normalized spacial score (nSPS) is 16.0. The molecule has 2 heterocycles. The molecule has 1 aliphatic heterocycles. The molecule has 0 saturated heterocycles. The SMILES string of the molecule is CCOc1cc(NC(=O)NC2CCc3ncnn3C2)ccc1[N+](=O)[O-]. The minimum atomic E-state index is -0.521. The molecule has 0 bridgehead atoms. The van der Waals surface area contributed by atoms with Gasteiger partial charge < -0.3 is 15.4 Å². The highest BCUT2D eigenvalue weighted by Crippen LogP contribution is 2.30. The minimum Gasteiger partial charge on any atom is -0.487 e. The van der Waals surface area contributed by atoms with Crippen molar-refractivity contribution in [2.24, 2.45) is 0 Å². The van der Waals surface area contributed by atoms with Crippen LogP contribution in [0.25, 0.3) is 0 Å². The Morgan fingerprint density at radius 1 is 1.52 bits per heavy atom. The number of anilines is 1. The Hall–Kier alpha value is -3.17. The molecule has 0 saturated carbocycles. The number of benzene rings is 1. The molecule has 1 aliphatic rings. The van der Waals surface area contributed by atoms with Crippen LogP contribution in [0.4, 0.5) is 16.2 Å². The number of rotatable bonds is 5. The number of ether oxygens (including phenoxy) is 1. The first-order valence-electron chi connectivity index (χ1n) is 7.92. The molecule has 1 atom stereocenters. The van der Waals surface area contributed by atoms with Gasteiger partial charge in [-0.25, -0.2) is 14.5 Å². The van der Waals surface area contributed by atoms with Crippen LogP contribution in [0, 0.1) is 10.1 Å². The number of aromatic nitrogens is 3. The zero-order valence-corrected chi connectivity index (χ0v) is 13.6. The summed E-state index contributed by atoms with van der Waals surface area (Å²) in [4.78, 5) is 26.8. The second-order valence-electron chi connectivity index (χ2n) is 5.57. The van der Waals surface area contributed by atoms with Crippen LogP contribution >= 0.6 is 0 Å². The van der Waals surface area contributed by atoms with Gasteiger partial charge in [-0.05, 0) is 19.4 Å². The third kappa shape index (κ3) is 3.84. The fraction of sp³-hybridized carbons (Fsp3) is 0.400. The maximum absolute atomic E-state index is 12.2. The molecule has 0 radical (unpaired) electrons. The standard InChI is InChI=1S/C15H18N6O4/c1-2-25-13-7-10(3-5-12(13)21(23)24)18-15(22)19-11-4-6-14-16-9-17-20(14)8-11/h3,5,7,9,11H,2,4,6,8H2,1H3,(H2,18,19,22). The zero-order chi connectivity index (χ0) is 17.8. The number of carbonyl (C=O) groups excluding carboxylic acids is 1. The van der Waals surface area contributed by atoms with Crippen LogP contribution in [-0.4, -0.2) is 38.4 Å². The number of fused-ring (bicyclic) bond motifs is 1. The molecule has 1 unspecified atom stereocenters. The highest BCUT2D eigenvalue weighted by Gasteiger charge is 2.22. The van der Waals surface area contributed by atoms with E-state index in [1.54, 1.807) is 11.6 Å². The quantitative estimate of drug-likeness (QED) is 0.627. The van der Waals surface area contributed by atoms with Gasteiger partial charge in [-0.2, -0.15) is 5.10 Å². The number of hydrogen-bond donors (Lipinski definition) is 2. The fourth-order valence-electron chi connectivity index (χ4n) is 2.72. The summed E-state index contributed by atoms with van der Waals surface area (Å²) in [6.07, 6.45) is 3.03. The Morgan fingerprint density at radius 2 is 2.36 bits per heavy atom. The Kier molecular flexibility index (Phi) is 4.78. The van der Waals surface area contributed by atoms with Crippen molar-refractivity contribution >= 4 is 17.4 Å². The van der Waals surface area contributed by atoms with Crippen molar-refractivity contribution < 1.29 is 14.5 Å². The van der Waals surface area contributed by atoms with Gasteiger partial charge in [0.05, 0.1) is 24.1 Å². The van der Waals surface area contributed by atoms with Crippen molar-refractivity contribution in [1.82, 2.24) is 20.1 Å². The minimum absolute atomic E-state index is 0.0568. The van der Waals surface area contributed by atoms with Crippen LogP contribution in [-0.2, 0) is 13.0 Å². The smallest absolute Gasteiger partial charge is 0.319 e. The van der Waals surface area contributed by atoms with Gasteiger partial charge in [0.25, 0.3) is 0 Å². The van der Waals surface area contributed by atoms with Crippen molar-refractivity contribution in [1.29, 1.82) is 0 Å². The Balaban J connectivity index is 1.63. The van der Waals surface area contributed by atoms with Crippen LogP contribution in [0.3, 0.4) is 0 Å². The van der Waals surface area contributed by atoms with E-state index in [4.69, 9.17) is 4.74 Å². The molecule has 25 heavy (non-hydrogen) atoms. The lowest BCUT2D eigenvalue weighted by molar-refractivity contribution is -0.385. The fourth-order valence-corrected chi connectivity index (χ4v) is 2.72. The van der Waals surface area contributed by atoms with Gasteiger partial charge in [0.15, 0.2) is 5.75 Å². The van der Waals surface area contributed by atoms with Crippen molar-refractivity contribution in [3.05, 3.63) is 40.5 Å². The number of hydrogen-bond acceptors (Lipinski definition) is 6. The summed E-state index contributed by atoms with van der Waals surface area (Å²) in [5.74, 6) is 1.03. The van der Waals surface area contributed by atoms with E-state index in [9.17, 15) is 14.9 Å². The third-order valence-electron chi connectivity index (χ3n) is 3.85. The predicted molar refractivity (Wildman–Crippen MR) is 88.6 cm³/mol. The van der Waals surface area contributed by atoms with E-state index in [1.807, 2.05) is 0 Å². The number of nitrogens with zero attached hydrogens (tertiary/aromatic N) is 4. The second-order valence-corrected chi connectivity index (χ2v) is 5.57. The van der Waals surface area contributed by atoms with E-state index in [2.05, 4.69) is 20.7 Å². The van der Waals surface area contributed by atoms with Crippen molar-refractivity contribution in [3.63, 3.8) is 0 Å². The first-order valence-corrected chi connectivity index (χ1v) is 7.92. The lowest BCUT2D eigenvalue weighted by Gasteiger charge is -2.23. The van der Waals surface area contributed by atoms with Crippen molar-refractivity contribution in [3.8, 4) is 5.75 Å². The summed E-state index contributed by atoms with van der Waals surface area (Å²) >= 11 is 0. The van der Waals surface area contributed by atoms with Crippen molar-refractivity contribution in [2.75, 3.05) is 11.9 Å². The molecule has 2 N–H and O–H groups in total. The molecule has 2 amide bonds. The van der Waals surface area contributed by atoms with Crippen LogP contribution < -0.4 is 15.4 Å². The summed E-state index contributed by atoms with van der Waals surface area (Å²) < 4.78 is 7.04. The van der Waals surface area contributed by atoms with Crippen molar-refractivity contribution in [2.45, 2.75) is 32.4 Å². The summed E-state index contributed by atoms with van der Waals surface area (Å²) in [6.45, 7) is 2.59. The van der Waals surface area contributed by atoms with Gasteiger partial charge >= 0.3 is 11.7 Å². The van der Waals surface area contributed by atoms with E-state index in [0.717, 1.165) is 18.7 Å². The lowest BCUT2D eigenvalue weighted by Crippen LogP contribution is -2.43. The maximum Gasteiger partial charge on any atom is 0.319 e. The summed E-state index contributed by atoms with van der Waals surface area (Å²) in [7, 11) is 0. The number of urea groups is 1. The number of nitrogens with one attached hydrogen (secondary N) is 2. The topological polar surface area (TPSA) is 124 Å². The molecule has 1 aromatic carbocycles. The maximum atomic E-state index is 12.2. The van der Waals surface area contributed by atoms with Gasteiger partial charge in [0, 0.05) is 24.2 Å². The Bertz CT molecular complexity index is 790. The monoisotopic (exact) mass is 346 g/mol. The largest absolute Gasteiger partial charge is 0.487 e. The first kappa shape index (κ1) is 16.7. The molecular weight excluding hydrogens is 328 g/mol. The number of amides is 2. The van der Waals surface area contributed by atoms with Crippen LogP contribution in [0.1, 0.15) is 19.2 Å². The summed E-state index contributed by atoms with van der Waals surface area (Å²) in [5.41, 5.74) is 0.280. The van der Waals surface area contributed by atoms with E-state index in [0.29, 0.717) is 18.8 Å². The second kappa shape index (κ2) is 7.16. The zero-order valence-electron chi connectivity index (χ0n) is 13.6. The van der Waals surface area contributed by atoms with Crippen LogP contribution in [0.2, 0.25) is 0 Å². The molecule has 3 rings (SSSR count). The van der Waals surface area contributed by atoms with Gasteiger partial charge in [-0.3, -0.25) is 10.1 Å². The molecule has 10 heteroatoms. The Labute approximate surface area is 143 Å². The van der Waals surface area contributed by atoms with Gasteiger partial charge in [0.2, 0.25) is 0 Å². The first-order chi connectivity index (χ1) is 12.1. The lowest BCUT2D eigenvalue weighted by atomic mass is 10.1. The van der Waals surface area contributed by atoms with E-state index < -0.39 is 4.92 Å². The number of aryl methyl sites for hydroxylation is 1. The molecular formula is C15H18N6O4. The Morgan fingerprint density at radius 3 is 3.12 bits per heavy atom. The molecule has 0 aliphatic carbocycles. The number of nitro groups is 1. The summed E-state index contributed by atoms with van der Waals surface area (Å²) in [5, 5.41) is 20.6. The molecule has 1 aromatic heterocycles. The van der Waals surface area contributed by atoms with Gasteiger partial charge in [-0.15, -0.1) is 0 Å². The van der Waals surface area contributed by atoms with Crippen LogP contribution in [0.5, 0.6) is 5.75 Å². The summed E-state index contributed by atoms with van der Waals surface area (Å²) in [6, 6.07) is 3.78. The molecule has 10 nitrogen and oxygen atoms in total. The molecule has 132 valence electrons. The number of carbonyl (C=O) groups is 1. The molecule has 0 spiro atoms. The third-order valence-corrected chi connectivity index (χ3v) is 3.85. The number of nitro benzene ring substituents is 1. The molecule has 2 aromatic rings. The average molecular weight is 346 g/mol. The highest BCUT2D eigenvalue weighted by molar-refractivity contribution is 5.90.